The molecule has 0 atom stereocenters. The van der Waals surface area contributed by atoms with E-state index in [1.54, 1.807) is 6.07 Å². The second-order valence-electron chi connectivity index (χ2n) is 7.95. The molecule has 5 nitrogen and oxygen atoms in total. The monoisotopic (exact) mass is 358 g/mol. The van der Waals surface area contributed by atoms with E-state index in [-0.39, 0.29) is 11.2 Å². The van der Waals surface area contributed by atoms with Crippen molar-refractivity contribution in [3.63, 3.8) is 0 Å². The second kappa shape index (κ2) is 7.51. The maximum atomic E-state index is 12.0. The molecule has 1 aliphatic rings. The molecule has 26 heavy (non-hydrogen) atoms. The Labute approximate surface area is 155 Å². The van der Waals surface area contributed by atoms with Crippen molar-refractivity contribution in [3.8, 4) is 0 Å². The SMILES string of the molecule is COC1(CN(C)C)CCN(Cc2cc(=O)oc3c(C)cc(C)cc23)CC1. The van der Waals surface area contributed by atoms with Crippen LogP contribution in [0.4, 0.5) is 0 Å². The van der Waals surface area contributed by atoms with E-state index < -0.39 is 0 Å². The summed E-state index contributed by atoms with van der Waals surface area (Å²) in [5.41, 5.74) is 3.64. The molecule has 0 radical (unpaired) electrons. The molecule has 5 heteroatoms. The van der Waals surface area contributed by atoms with Gasteiger partial charge in [0.2, 0.25) is 0 Å². The summed E-state index contributed by atoms with van der Waals surface area (Å²) in [6.45, 7) is 7.72. The molecule has 1 fully saturated rings. The van der Waals surface area contributed by atoms with Gasteiger partial charge < -0.3 is 14.1 Å². The fourth-order valence-corrected chi connectivity index (χ4v) is 4.17. The third-order valence-electron chi connectivity index (χ3n) is 5.46. The van der Waals surface area contributed by atoms with Gasteiger partial charge in [-0.3, -0.25) is 4.90 Å². The van der Waals surface area contributed by atoms with E-state index in [2.05, 4.69) is 43.0 Å². The molecule has 2 heterocycles. The van der Waals surface area contributed by atoms with Crippen LogP contribution in [0.5, 0.6) is 0 Å². The molecule has 0 saturated carbocycles. The fraction of sp³-hybridized carbons (Fsp3) is 0.571. The number of hydrogen-bond donors (Lipinski definition) is 0. The van der Waals surface area contributed by atoms with E-state index in [0.29, 0.717) is 5.58 Å². The summed E-state index contributed by atoms with van der Waals surface area (Å²) in [4.78, 5) is 16.7. The van der Waals surface area contributed by atoms with E-state index in [4.69, 9.17) is 9.15 Å². The zero-order valence-electron chi connectivity index (χ0n) is 16.6. The van der Waals surface area contributed by atoms with Crippen LogP contribution in [-0.4, -0.2) is 56.2 Å². The minimum atomic E-state index is -0.268. The Morgan fingerprint density at radius 3 is 2.50 bits per heavy atom. The molecule has 1 saturated heterocycles. The molecular formula is C21H30N2O3. The molecular weight excluding hydrogens is 328 g/mol. The highest BCUT2D eigenvalue weighted by Gasteiger charge is 2.35. The maximum absolute atomic E-state index is 12.0. The number of fused-ring (bicyclic) bond motifs is 1. The molecule has 0 amide bonds. The van der Waals surface area contributed by atoms with Crippen molar-refractivity contribution in [1.29, 1.82) is 0 Å². The lowest BCUT2D eigenvalue weighted by molar-refractivity contribution is -0.0712. The van der Waals surface area contributed by atoms with Gasteiger partial charge in [-0.2, -0.15) is 0 Å². The van der Waals surface area contributed by atoms with E-state index in [9.17, 15) is 4.79 Å². The second-order valence-corrected chi connectivity index (χ2v) is 7.95. The number of aryl methyl sites for hydroxylation is 2. The third-order valence-corrected chi connectivity index (χ3v) is 5.46. The van der Waals surface area contributed by atoms with Crippen molar-refractivity contribution in [3.05, 3.63) is 45.3 Å². The van der Waals surface area contributed by atoms with Gasteiger partial charge in [-0.25, -0.2) is 4.79 Å². The highest BCUT2D eigenvalue weighted by Crippen LogP contribution is 2.29. The summed E-state index contributed by atoms with van der Waals surface area (Å²) < 4.78 is 11.3. The Morgan fingerprint density at radius 2 is 1.88 bits per heavy atom. The van der Waals surface area contributed by atoms with Crippen molar-refractivity contribution in [1.82, 2.24) is 9.80 Å². The van der Waals surface area contributed by atoms with Crippen molar-refractivity contribution < 1.29 is 9.15 Å². The van der Waals surface area contributed by atoms with Gasteiger partial charge in [0.05, 0.1) is 5.60 Å². The molecule has 142 valence electrons. The molecule has 1 aliphatic heterocycles. The van der Waals surface area contributed by atoms with Crippen LogP contribution in [-0.2, 0) is 11.3 Å². The summed E-state index contributed by atoms with van der Waals surface area (Å²) >= 11 is 0. The van der Waals surface area contributed by atoms with Gasteiger partial charge in [-0.05, 0) is 63.5 Å². The zero-order valence-corrected chi connectivity index (χ0v) is 16.6. The molecule has 0 aliphatic carbocycles. The van der Waals surface area contributed by atoms with Crippen LogP contribution in [0.25, 0.3) is 11.0 Å². The van der Waals surface area contributed by atoms with Gasteiger partial charge >= 0.3 is 5.63 Å². The minimum absolute atomic E-state index is 0.0645. The number of likely N-dealkylation sites (tertiary alicyclic amines) is 1. The van der Waals surface area contributed by atoms with Crippen LogP contribution in [0.2, 0.25) is 0 Å². The van der Waals surface area contributed by atoms with Crippen LogP contribution in [0, 0.1) is 13.8 Å². The van der Waals surface area contributed by atoms with Crippen molar-refractivity contribution >= 4 is 11.0 Å². The third kappa shape index (κ3) is 4.00. The van der Waals surface area contributed by atoms with E-state index >= 15 is 0 Å². The first kappa shape index (κ1) is 19.1. The average Bonchev–Trinajstić information content (AvgIpc) is 2.57. The highest BCUT2D eigenvalue weighted by molar-refractivity contribution is 5.83. The maximum Gasteiger partial charge on any atom is 0.336 e. The van der Waals surface area contributed by atoms with Crippen molar-refractivity contribution in [2.45, 2.75) is 38.8 Å². The number of nitrogens with zero attached hydrogens (tertiary/aromatic N) is 2. The van der Waals surface area contributed by atoms with Crippen LogP contribution < -0.4 is 5.63 Å². The molecule has 0 N–H and O–H groups in total. The number of piperidine rings is 1. The predicted molar refractivity (Wildman–Crippen MR) is 105 cm³/mol. The van der Waals surface area contributed by atoms with Crippen molar-refractivity contribution in [2.75, 3.05) is 40.8 Å². The van der Waals surface area contributed by atoms with Gasteiger partial charge in [0.25, 0.3) is 0 Å². The fourth-order valence-electron chi connectivity index (χ4n) is 4.17. The summed E-state index contributed by atoms with van der Waals surface area (Å²) in [7, 11) is 6.00. The Morgan fingerprint density at radius 1 is 1.19 bits per heavy atom. The molecule has 0 unspecified atom stereocenters. The predicted octanol–water partition coefficient (Wildman–Crippen LogP) is 2.95. The first-order valence-electron chi connectivity index (χ1n) is 9.28. The van der Waals surface area contributed by atoms with Crippen LogP contribution in [0.3, 0.4) is 0 Å². The molecule has 3 rings (SSSR count). The topological polar surface area (TPSA) is 45.9 Å². The van der Waals surface area contributed by atoms with Crippen LogP contribution in [0.15, 0.2) is 27.4 Å². The van der Waals surface area contributed by atoms with Crippen molar-refractivity contribution in [2.24, 2.45) is 0 Å². The summed E-state index contributed by atoms with van der Waals surface area (Å²) in [6, 6.07) is 5.83. The van der Waals surface area contributed by atoms with E-state index in [1.807, 2.05) is 14.0 Å². The number of hydrogen-bond acceptors (Lipinski definition) is 5. The molecule has 2 aromatic rings. The number of ether oxygens (including phenoxy) is 1. The first-order chi connectivity index (χ1) is 12.3. The Kier molecular flexibility index (Phi) is 5.51. The number of likely N-dealkylation sites (N-methyl/N-ethyl adjacent to an activating group) is 1. The van der Waals surface area contributed by atoms with Gasteiger partial charge in [0, 0.05) is 44.7 Å². The average molecular weight is 358 g/mol. The smallest absolute Gasteiger partial charge is 0.336 e. The molecule has 1 aromatic carbocycles. The van der Waals surface area contributed by atoms with Gasteiger partial charge in [-0.15, -0.1) is 0 Å². The lowest BCUT2D eigenvalue weighted by Crippen LogP contribution is -2.50. The molecule has 0 spiro atoms. The van der Waals surface area contributed by atoms with E-state index in [1.165, 1.54) is 5.56 Å². The largest absolute Gasteiger partial charge is 0.422 e. The lowest BCUT2D eigenvalue weighted by Gasteiger charge is -2.42. The van der Waals surface area contributed by atoms with E-state index in [0.717, 1.165) is 55.5 Å². The number of rotatable bonds is 5. The zero-order chi connectivity index (χ0) is 18.9. The molecule has 0 bridgehead atoms. The number of benzene rings is 1. The lowest BCUT2D eigenvalue weighted by atomic mass is 9.90. The first-order valence-corrected chi connectivity index (χ1v) is 9.28. The van der Waals surface area contributed by atoms with Gasteiger partial charge in [0.1, 0.15) is 5.58 Å². The quantitative estimate of drug-likeness (QED) is 0.769. The normalized spacial score (nSPS) is 17.9. The minimum Gasteiger partial charge on any atom is -0.422 e. The van der Waals surface area contributed by atoms with Gasteiger partial charge in [-0.1, -0.05) is 6.07 Å². The standard InChI is InChI=1S/C21H30N2O3/c1-15-10-16(2)20-18(11-15)17(12-19(24)26-20)13-23-8-6-21(25-5,7-9-23)14-22(3)4/h10-12H,6-9,13-14H2,1-5H3. The Hall–Kier alpha value is -1.69. The summed E-state index contributed by atoms with van der Waals surface area (Å²) in [5, 5.41) is 1.05. The summed E-state index contributed by atoms with van der Waals surface area (Å²) in [5.74, 6) is 0. The van der Waals surface area contributed by atoms with Crippen LogP contribution >= 0.6 is 0 Å². The van der Waals surface area contributed by atoms with Crippen LogP contribution in [0.1, 0.15) is 29.5 Å². The van der Waals surface area contributed by atoms with Gasteiger partial charge in [0.15, 0.2) is 0 Å². The number of methoxy groups -OCH3 is 1. The Balaban J connectivity index is 1.81. The molecule has 1 aromatic heterocycles. The summed E-state index contributed by atoms with van der Waals surface area (Å²) in [6.07, 6.45) is 2.00. The highest BCUT2D eigenvalue weighted by atomic mass is 16.5. The Bertz CT molecular complexity index is 833.